The van der Waals surface area contributed by atoms with Crippen LogP contribution in [-0.2, 0) is 0 Å². The monoisotopic (exact) mass is 235 g/mol. The van der Waals surface area contributed by atoms with E-state index in [9.17, 15) is 0 Å². The van der Waals surface area contributed by atoms with Crippen LogP contribution in [0, 0.1) is 0 Å². The van der Waals surface area contributed by atoms with E-state index in [0.29, 0.717) is 12.6 Å². The maximum atomic E-state index is 5.62. The normalized spacial score (nSPS) is 12.2. The van der Waals surface area contributed by atoms with Gasteiger partial charge in [0, 0.05) is 6.04 Å². The molecule has 1 aromatic rings. The second kappa shape index (κ2) is 7.99. The van der Waals surface area contributed by atoms with Crippen molar-refractivity contribution in [2.24, 2.45) is 0 Å². The minimum Gasteiger partial charge on any atom is -0.492 e. The molecule has 2 heteroatoms. The van der Waals surface area contributed by atoms with Crippen molar-refractivity contribution in [2.75, 3.05) is 11.9 Å². The summed E-state index contributed by atoms with van der Waals surface area (Å²) in [5.74, 6) is 0.963. The molecule has 0 spiro atoms. The smallest absolute Gasteiger partial charge is 0.142 e. The van der Waals surface area contributed by atoms with Gasteiger partial charge in [0.05, 0.1) is 12.3 Å². The fraction of sp³-hybridized carbons (Fsp3) is 0.600. The molecule has 0 fully saturated rings. The van der Waals surface area contributed by atoms with E-state index >= 15 is 0 Å². The average Bonchev–Trinajstić information content (AvgIpc) is 2.36. The van der Waals surface area contributed by atoms with E-state index in [0.717, 1.165) is 17.9 Å². The number of anilines is 1. The summed E-state index contributed by atoms with van der Waals surface area (Å²) >= 11 is 0. The number of benzene rings is 1. The Hall–Kier alpha value is -1.18. The van der Waals surface area contributed by atoms with Crippen molar-refractivity contribution in [3.63, 3.8) is 0 Å². The zero-order chi connectivity index (χ0) is 12.5. The second-order valence-electron chi connectivity index (χ2n) is 4.32. The summed E-state index contributed by atoms with van der Waals surface area (Å²) in [6.07, 6.45) is 4.92. The van der Waals surface area contributed by atoms with Gasteiger partial charge in [0.25, 0.3) is 0 Å². The highest BCUT2D eigenvalue weighted by atomic mass is 16.5. The molecular formula is C15H25NO. The molecule has 0 bridgehead atoms. The molecule has 0 aromatic heterocycles. The number of hydrogen-bond acceptors (Lipinski definition) is 2. The minimum atomic E-state index is 0.552. The Balaban J connectivity index is 2.64. The molecule has 0 aliphatic rings. The molecule has 0 saturated heterocycles. The van der Waals surface area contributed by atoms with Crippen LogP contribution in [0.1, 0.15) is 46.5 Å². The first-order valence-electron chi connectivity index (χ1n) is 6.80. The molecule has 96 valence electrons. The average molecular weight is 235 g/mol. The summed E-state index contributed by atoms with van der Waals surface area (Å²) in [6.45, 7) is 7.20. The van der Waals surface area contributed by atoms with Gasteiger partial charge in [-0.3, -0.25) is 0 Å². The van der Waals surface area contributed by atoms with E-state index in [1.807, 2.05) is 19.1 Å². The molecule has 1 N–H and O–H groups in total. The first kappa shape index (κ1) is 13.9. The van der Waals surface area contributed by atoms with Gasteiger partial charge in [0.15, 0.2) is 0 Å². The lowest BCUT2D eigenvalue weighted by Crippen LogP contribution is -2.18. The summed E-state index contributed by atoms with van der Waals surface area (Å²) in [5, 5.41) is 3.59. The van der Waals surface area contributed by atoms with Crippen LogP contribution in [0.25, 0.3) is 0 Å². The standard InChI is InChI=1S/C15H25NO/c1-4-7-10-13(5-2)16-14-11-8-9-12-15(14)17-6-3/h8-9,11-13,16H,4-7,10H2,1-3H3. The number of rotatable bonds is 8. The molecule has 0 aliphatic heterocycles. The number of unbranched alkanes of at least 4 members (excludes halogenated alkanes) is 1. The molecule has 17 heavy (non-hydrogen) atoms. The predicted octanol–water partition coefficient (Wildman–Crippen LogP) is 4.47. The van der Waals surface area contributed by atoms with Gasteiger partial charge >= 0.3 is 0 Å². The van der Waals surface area contributed by atoms with Crippen molar-refractivity contribution < 1.29 is 4.74 Å². The van der Waals surface area contributed by atoms with Crippen molar-refractivity contribution in [3.8, 4) is 5.75 Å². The van der Waals surface area contributed by atoms with Crippen molar-refractivity contribution >= 4 is 5.69 Å². The highest BCUT2D eigenvalue weighted by molar-refractivity contribution is 5.56. The number of hydrogen-bond donors (Lipinski definition) is 1. The SMILES string of the molecule is CCCCC(CC)Nc1ccccc1OCC. The van der Waals surface area contributed by atoms with Crippen LogP contribution in [0.4, 0.5) is 5.69 Å². The molecule has 0 radical (unpaired) electrons. The fourth-order valence-electron chi connectivity index (χ4n) is 1.92. The molecule has 0 heterocycles. The van der Waals surface area contributed by atoms with Gasteiger partial charge in [-0.25, -0.2) is 0 Å². The third-order valence-electron chi connectivity index (χ3n) is 2.95. The lowest BCUT2D eigenvalue weighted by Gasteiger charge is -2.20. The first-order chi connectivity index (χ1) is 8.31. The Morgan fingerprint density at radius 1 is 1.18 bits per heavy atom. The van der Waals surface area contributed by atoms with E-state index in [1.165, 1.54) is 19.3 Å². The number of ether oxygens (including phenoxy) is 1. The molecule has 1 rings (SSSR count). The van der Waals surface area contributed by atoms with Gasteiger partial charge in [-0.05, 0) is 31.9 Å². The van der Waals surface area contributed by atoms with Crippen molar-refractivity contribution in [1.29, 1.82) is 0 Å². The van der Waals surface area contributed by atoms with E-state index in [1.54, 1.807) is 0 Å². The van der Waals surface area contributed by atoms with E-state index in [4.69, 9.17) is 4.74 Å². The highest BCUT2D eigenvalue weighted by Crippen LogP contribution is 2.25. The number of para-hydroxylation sites is 2. The van der Waals surface area contributed by atoms with Crippen LogP contribution in [0.5, 0.6) is 5.75 Å². The predicted molar refractivity (Wildman–Crippen MR) is 74.8 cm³/mol. The lowest BCUT2D eigenvalue weighted by atomic mass is 10.1. The van der Waals surface area contributed by atoms with Crippen LogP contribution < -0.4 is 10.1 Å². The Kier molecular flexibility index (Phi) is 6.53. The van der Waals surface area contributed by atoms with Crippen LogP contribution >= 0.6 is 0 Å². The number of nitrogens with one attached hydrogen (secondary N) is 1. The van der Waals surface area contributed by atoms with Crippen molar-refractivity contribution in [2.45, 2.75) is 52.5 Å². The molecule has 0 aliphatic carbocycles. The second-order valence-corrected chi connectivity index (χ2v) is 4.32. The highest BCUT2D eigenvalue weighted by Gasteiger charge is 2.08. The van der Waals surface area contributed by atoms with Crippen molar-refractivity contribution in [3.05, 3.63) is 24.3 Å². The van der Waals surface area contributed by atoms with Gasteiger partial charge in [0.2, 0.25) is 0 Å². The molecule has 0 amide bonds. The molecular weight excluding hydrogens is 210 g/mol. The van der Waals surface area contributed by atoms with Crippen molar-refractivity contribution in [1.82, 2.24) is 0 Å². The maximum absolute atomic E-state index is 5.62. The van der Waals surface area contributed by atoms with Gasteiger partial charge in [0.1, 0.15) is 5.75 Å². The van der Waals surface area contributed by atoms with Crippen LogP contribution in [-0.4, -0.2) is 12.6 Å². The van der Waals surface area contributed by atoms with Crippen LogP contribution in [0.2, 0.25) is 0 Å². The van der Waals surface area contributed by atoms with E-state index < -0.39 is 0 Å². The summed E-state index contributed by atoms with van der Waals surface area (Å²) in [4.78, 5) is 0. The Labute approximate surface area is 105 Å². The Morgan fingerprint density at radius 2 is 1.94 bits per heavy atom. The third kappa shape index (κ3) is 4.68. The topological polar surface area (TPSA) is 21.3 Å². The summed E-state index contributed by atoms with van der Waals surface area (Å²) < 4.78 is 5.62. The first-order valence-corrected chi connectivity index (χ1v) is 6.80. The summed E-state index contributed by atoms with van der Waals surface area (Å²) in [6, 6.07) is 8.75. The van der Waals surface area contributed by atoms with E-state index in [-0.39, 0.29) is 0 Å². The van der Waals surface area contributed by atoms with Crippen LogP contribution in [0.15, 0.2) is 24.3 Å². The summed E-state index contributed by atoms with van der Waals surface area (Å²) in [7, 11) is 0. The molecule has 2 nitrogen and oxygen atoms in total. The third-order valence-corrected chi connectivity index (χ3v) is 2.95. The van der Waals surface area contributed by atoms with Crippen LogP contribution in [0.3, 0.4) is 0 Å². The lowest BCUT2D eigenvalue weighted by molar-refractivity contribution is 0.341. The molecule has 1 unspecified atom stereocenters. The zero-order valence-electron chi connectivity index (χ0n) is 11.3. The zero-order valence-corrected chi connectivity index (χ0v) is 11.3. The Bertz CT molecular complexity index is 312. The van der Waals surface area contributed by atoms with Gasteiger partial charge in [-0.2, -0.15) is 0 Å². The van der Waals surface area contributed by atoms with Gasteiger partial charge in [-0.1, -0.05) is 38.8 Å². The van der Waals surface area contributed by atoms with Gasteiger partial charge in [-0.15, -0.1) is 0 Å². The van der Waals surface area contributed by atoms with E-state index in [2.05, 4.69) is 31.3 Å². The van der Waals surface area contributed by atoms with Gasteiger partial charge < -0.3 is 10.1 Å². The molecule has 0 saturated carbocycles. The Morgan fingerprint density at radius 3 is 2.59 bits per heavy atom. The molecule has 1 aromatic carbocycles. The maximum Gasteiger partial charge on any atom is 0.142 e. The quantitative estimate of drug-likeness (QED) is 0.718. The largest absolute Gasteiger partial charge is 0.492 e. The molecule has 1 atom stereocenters. The summed E-state index contributed by atoms with van der Waals surface area (Å²) in [5.41, 5.74) is 1.12. The fourth-order valence-corrected chi connectivity index (χ4v) is 1.92. The minimum absolute atomic E-state index is 0.552.